The lowest BCUT2D eigenvalue weighted by atomic mass is 10.1. The van der Waals surface area contributed by atoms with E-state index in [9.17, 15) is 4.79 Å². The third kappa shape index (κ3) is 2.62. The number of nitrogens with one attached hydrogen (secondary N) is 2. The maximum atomic E-state index is 11.7. The fraction of sp³-hybridized carbons (Fsp3) is 0.214. The van der Waals surface area contributed by atoms with Crippen LogP contribution in [0.3, 0.4) is 0 Å². The summed E-state index contributed by atoms with van der Waals surface area (Å²) in [6.45, 7) is 2.13. The van der Waals surface area contributed by atoms with E-state index >= 15 is 0 Å². The van der Waals surface area contributed by atoms with Gasteiger partial charge in [-0.1, -0.05) is 11.6 Å². The van der Waals surface area contributed by atoms with Crippen LogP contribution in [0, 0.1) is 6.92 Å². The Morgan fingerprint density at radius 3 is 3.05 bits per heavy atom. The van der Waals surface area contributed by atoms with Crippen molar-refractivity contribution in [2.75, 3.05) is 17.7 Å². The Kier molecular flexibility index (Phi) is 3.72. The molecule has 22 heavy (non-hydrogen) atoms. The summed E-state index contributed by atoms with van der Waals surface area (Å²) >= 11 is 6.03. The highest BCUT2D eigenvalue weighted by molar-refractivity contribution is 6.31. The van der Waals surface area contributed by atoms with E-state index in [1.807, 2.05) is 24.4 Å². The second-order valence-corrected chi connectivity index (χ2v) is 5.40. The van der Waals surface area contributed by atoms with Gasteiger partial charge in [-0.3, -0.25) is 4.79 Å². The third-order valence-corrected chi connectivity index (χ3v) is 3.69. The average molecular weight is 319 g/mol. The van der Waals surface area contributed by atoms with Gasteiger partial charge in [0.25, 0.3) is 5.56 Å². The third-order valence-electron chi connectivity index (χ3n) is 3.46. The number of anilines is 1. The number of nitrogens with two attached hydrogens (primary N) is 1. The van der Waals surface area contributed by atoms with E-state index in [4.69, 9.17) is 17.4 Å². The number of hydrogen-bond acceptors (Lipinski definition) is 5. The molecule has 2 heterocycles. The molecule has 3 rings (SSSR count). The van der Waals surface area contributed by atoms with Crippen LogP contribution in [0.5, 0.6) is 0 Å². The van der Waals surface area contributed by atoms with E-state index in [1.54, 1.807) is 6.92 Å². The molecule has 0 atom stereocenters. The van der Waals surface area contributed by atoms with Gasteiger partial charge in [0.2, 0.25) is 5.95 Å². The lowest BCUT2D eigenvalue weighted by molar-refractivity contribution is 0.791. The Morgan fingerprint density at radius 1 is 1.41 bits per heavy atom. The van der Waals surface area contributed by atoms with Crippen molar-refractivity contribution >= 4 is 28.5 Å². The van der Waals surface area contributed by atoms with E-state index in [1.165, 1.54) is 0 Å². The van der Waals surface area contributed by atoms with Crippen molar-refractivity contribution in [2.45, 2.75) is 13.3 Å². The van der Waals surface area contributed by atoms with E-state index in [0.717, 1.165) is 27.6 Å². The molecule has 0 unspecified atom stereocenters. The molecule has 114 valence electrons. The number of aromatic amines is 1. The predicted octanol–water partition coefficient (Wildman–Crippen LogP) is 1.45. The minimum atomic E-state index is -0.364. The summed E-state index contributed by atoms with van der Waals surface area (Å²) in [6, 6.07) is 5.71. The molecule has 0 aliphatic carbocycles. The number of nitrogen functional groups attached to an aromatic ring is 1. The number of benzene rings is 1. The summed E-state index contributed by atoms with van der Waals surface area (Å²) in [7, 11) is 0. The smallest absolute Gasteiger partial charge is 0.295 e. The van der Waals surface area contributed by atoms with Gasteiger partial charge < -0.3 is 16.1 Å². The van der Waals surface area contributed by atoms with Crippen molar-refractivity contribution in [3.05, 3.63) is 51.0 Å². The summed E-state index contributed by atoms with van der Waals surface area (Å²) in [5.74, 6) is 5.91. The zero-order valence-corrected chi connectivity index (χ0v) is 12.7. The maximum absolute atomic E-state index is 11.7. The van der Waals surface area contributed by atoms with Gasteiger partial charge in [0.1, 0.15) is 5.69 Å². The standard InChI is InChI=1S/C14H15ClN6O/c1-8-13(22)21(16)14(20-19-8)17-5-4-9-7-18-12-3-2-10(15)6-11(9)12/h2-3,6-7,18H,4-5,16H2,1H3,(H,17,20). The molecule has 2 aromatic heterocycles. The van der Waals surface area contributed by atoms with Crippen molar-refractivity contribution in [1.82, 2.24) is 19.9 Å². The molecule has 0 aliphatic rings. The highest BCUT2D eigenvalue weighted by Gasteiger charge is 2.07. The Bertz CT molecular complexity index is 885. The van der Waals surface area contributed by atoms with Gasteiger partial charge in [0.15, 0.2) is 0 Å². The zero-order chi connectivity index (χ0) is 15.7. The Hall–Kier alpha value is -2.54. The van der Waals surface area contributed by atoms with E-state index < -0.39 is 0 Å². The van der Waals surface area contributed by atoms with E-state index in [2.05, 4.69) is 20.5 Å². The van der Waals surface area contributed by atoms with Crippen molar-refractivity contribution in [2.24, 2.45) is 0 Å². The fourth-order valence-electron chi connectivity index (χ4n) is 2.27. The van der Waals surface area contributed by atoms with Gasteiger partial charge in [-0.05, 0) is 37.1 Å². The zero-order valence-electron chi connectivity index (χ0n) is 11.9. The van der Waals surface area contributed by atoms with Crippen LogP contribution < -0.4 is 16.7 Å². The normalized spacial score (nSPS) is 11.0. The van der Waals surface area contributed by atoms with Gasteiger partial charge in [-0.2, -0.15) is 4.68 Å². The number of halogens is 1. The second-order valence-electron chi connectivity index (χ2n) is 4.96. The van der Waals surface area contributed by atoms with Gasteiger partial charge in [0, 0.05) is 28.7 Å². The SMILES string of the molecule is Cc1nnc(NCCc2c[nH]c3ccc(Cl)cc23)n(N)c1=O. The summed E-state index contributed by atoms with van der Waals surface area (Å²) in [5, 5.41) is 12.4. The number of H-pyrrole nitrogens is 1. The molecule has 0 saturated carbocycles. The summed E-state index contributed by atoms with van der Waals surface area (Å²) in [6.07, 6.45) is 2.67. The molecule has 0 radical (unpaired) electrons. The van der Waals surface area contributed by atoms with Crippen LogP contribution in [0.15, 0.2) is 29.2 Å². The first-order valence-corrected chi connectivity index (χ1v) is 7.15. The number of hydrogen-bond donors (Lipinski definition) is 3. The Labute approximate surface area is 131 Å². The maximum Gasteiger partial charge on any atom is 0.295 e. The first-order chi connectivity index (χ1) is 10.6. The van der Waals surface area contributed by atoms with Crippen LogP contribution in [-0.4, -0.2) is 26.4 Å². The predicted molar refractivity (Wildman–Crippen MR) is 86.7 cm³/mol. The van der Waals surface area contributed by atoms with Crippen LogP contribution in [0.25, 0.3) is 10.9 Å². The van der Waals surface area contributed by atoms with Crippen molar-refractivity contribution in [3.8, 4) is 0 Å². The number of aryl methyl sites for hydroxylation is 1. The highest BCUT2D eigenvalue weighted by Crippen LogP contribution is 2.22. The Morgan fingerprint density at radius 2 is 2.23 bits per heavy atom. The number of fused-ring (bicyclic) bond motifs is 1. The minimum Gasteiger partial charge on any atom is -0.361 e. The quantitative estimate of drug-likeness (QED) is 0.632. The van der Waals surface area contributed by atoms with Crippen LogP contribution in [0.2, 0.25) is 5.02 Å². The molecule has 0 aliphatic heterocycles. The van der Waals surface area contributed by atoms with Crippen molar-refractivity contribution in [3.63, 3.8) is 0 Å². The monoisotopic (exact) mass is 318 g/mol. The molecule has 4 N–H and O–H groups in total. The van der Waals surface area contributed by atoms with Crippen LogP contribution in [0.4, 0.5) is 5.95 Å². The van der Waals surface area contributed by atoms with Gasteiger partial charge in [-0.25, -0.2) is 0 Å². The van der Waals surface area contributed by atoms with Gasteiger partial charge >= 0.3 is 0 Å². The van der Waals surface area contributed by atoms with Crippen LogP contribution in [-0.2, 0) is 6.42 Å². The lowest BCUT2D eigenvalue weighted by Crippen LogP contribution is -2.33. The van der Waals surface area contributed by atoms with Crippen molar-refractivity contribution < 1.29 is 0 Å². The second kappa shape index (κ2) is 5.69. The van der Waals surface area contributed by atoms with E-state index in [-0.39, 0.29) is 17.2 Å². The van der Waals surface area contributed by atoms with Crippen LogP contribution in [0.1, 0.15) is 11.3 Å². The van der Waals surface area contributed by atoms with Crippen molar-refractivity contribution in [1.29, 1.82) is 0 Å². The molecular formula is C14H15ClN6O. The molecule has 1 aromatic carbocycles. The largest absolute Gasteiger partial charge is 0.361 e. The molecule has 0 amide bonds. The topological polar surface area (TPSA) is 102 Å². The summed E-state index contributed by atoms with van der Waals surface area (Å²) in [5.41, 5.74) is 2.05. The number of rotatable bonds is 4. The number of nitrogens with zero attached hydrogens (tertiary/aromatic N) is 3. The summed E-state index contributed by atoms with van der Waals surface area (Å²) < 4.78 is 0.967. The molecule has 8 heteroatoms. The first-order valence-electron chi connectivity index (χ1n) is 6.77. The molecule has 0 spiro atoms. The molecular weight excluding hydrogens is 304 g/mol. The average Bonchev–Trinajstić information content (AvgIpc) is 2.90. The van der Waals surface area contributed by atoms with Gasteiger partial charge in [-0.15, -0.1) is 10.2 Å². The molecule has 0 bridgehead atoms. The first kappa shape index (κ1) is 14.4. The fourth-order valence-corrected chi connectivity index (χ4v) is 2.44. The van der Waals surface area contributed by atoms with Crippen LogP contribution >= 0.6 is 11.6 Å². The van der Waals surface area contributed by atoms with Gasteiger partial charge in [0.05, 0.1) is 0 Å². The highest BCUT2D eigenvalue weighted by atomic mass is 35.5. The molecule has 0 fully saturated rings. The Balaban J connectivity index is 1.74. The minimum absolute atomic E-state index is 0.244. The lowest BCUT2D eigenvalue weighted by Gasteiger charge is -2.08. The summed E-state index contributed by atoms with van der Waals surface area (Å²) in [4.78, 5) is 14.9. The molecule has 0 saturated heterocycles. The molecule has 7 nitrogen and oxygen atoms in total. The molecule has 3 aromatic rings. The number of aromatic nitrogens is 4. The van der Waals surface area contributed by atoms with E-state index in [0.29, 0.717) is 11.6 Å².